The Morgan fingerprint density at radius 3 is 2.44 bits per heavy atom. The van der Waals surface area contributed by atoms with Gasteiger partial charge in [0.25, 0.3) is 0 Å². The van der Waals surface area contributed by atoms with Crippen LogP contribution in [0.15, 0.2) is 24.5 Å². The predicted molar refractivity (Wildman–Crippen MR) is 147 cm³/mol. The Kier molecular flexibility index (Phi) is 8.29. The quantitative estimate of drug-likeness (QED) is 0.279. The van der Waals surface area contributed by atoms with E-state index in [9.17, 15) is 4.79 Å². The second-order valence-corrected chi connectivity index (χ2v) is 14.6. The van der Waals surface area contributed by atoms with Crippen molar-refractivity contribution >= 4 is 33.1 Å². The summed E-state index contributed by atoms with van der Waals surface area (Å²) in [5, 5.41) is 10.1. The van der Waals surface area contributed by atoms with Gasteiger partial charge in [-0.25, -0.2) is 4.98 Å². The molecule has 1 amide bonds. The van der Waals surface area contributed by atoms with Gasteiger partial charge >= 0.3 is 0 Å². The van der Waals surface area contributed by atoms with Gasteiger partial charge in [-0.2, -0.15) is 4.98 Å². The number of carbonyl (C=O) groups excluding carboxylic acids is 1. The Morgan fingerprint density at radius 1 is 1.06 bits per heavy atom. The molecule has 0 radical (unpaired) electrons. The Balaban J connectivity index is 1.32. The van der Waals surface area contributed by atoms with Crippen LogP contribution in [0.5, 0.6) is 0 Å². The number of carbonyl (C=O) groups is 1. The lowest BCUT2D eigenvalue weighted by Gasteiger charge is -2.29. The normalized spacial score (nSPS) is 16.7. The molecule has 0 bridgehead atoms. The summed E-state index contributed by atoms with van der Waals surface area (Å²) in [6, 6.07) is 4.01. The van der Waals surface area contributed by atoms with E-state index in [1.54, 1.807) is 0 Å². The van der Waals surface area contributed by atoms with Crippen LogP contribution in [0.25, 0.3) is 0 Å². The Hall–Kier alpha value is -2.52. The maximum atomic E-state index is 12.0. The second kappa shape index (κ2) is 11.3. The van der Waals surface area contributed by atoms with Gasteiger partial charge in [0.2, 0.25) is 11.9 Å². The van der Waals surface area contributed by atoms with E-state index in [0.29, 0.717) is 18.4 Å². The highest BCUT2D eigenvalue weighted by atomic mass is 28.2. The number of aromatic nitrogens is 3. The maximum absolute atomic E-state index is 12.0. The molecule has 2 heterocycles. The van der Waals surface area contributed by atoms with E-state index in [1.807, 2.05) is 24.5 Å². The highest BCUT2D eigenvalue weighted by Crippen LogP contribution is 2.42. The third-order valence-corrected chi connectivity index (χ3v) is 8.49. The predicted octanol–water partition coefficient (Wildman–Crippen LogP) is 4.76. The van der Waals surface area contributed by atoms with Gasteiger partial charge in [-0.1, -0.05) is 27.2 Å². The molecule has 196 valence electrons. The van der Waals surface area contributed by atoms with Gasteiger partial charge < -0.3 is 20.4 Å². The minimum absolute atomic E-state index is 0.208. The van der Waals surface area contributed by atoms with Gasteiger partial charge in [-0.15, -0.1) is 0 Å². The molecule has 0 spiro atoms. The van der Waals surface area contributed by atoms with Crippen LogP contribution >= 0.6 is 0 Å². The zero-order valence-corrected chi connectivity index (χ0v) is 23.9. The fraction of sp³-hybridized carbons (Fsp3) is 0.630. The van der Waals surface area contributed by atoms with Crippen molar-refractivity contribution in [2.24, 2.45) is 5.92 Å². The highest BCUT2D eigenvalue weighted by Gasteiger charge is 2.28. The number of hydrogen-bond donors (Lipinski definition) is 3. The van der Waals surface area contributed by atoms with Gasteiger partial charge in [0, 0.05) is 30.8 Å². The van der Waals surface area contributed by atoms with Crippen molar-refractivity contribution in [3.05, 3.63) is 35.8 Å². The first-order chi connectivity index (χ1) is 17.1. The first-order valence-corrected chi connectivity index (χ1v) is 14.7. The molecule has 3 N–H and O–H groups in total. The summed E-state index contributed by atoms with van der Waals surface area (Å²) in [5.41, 5.74) is 2.52. The number of amides is 1. The van der Waals surface area contributed by atoms with Gasteiger partial charge in [-0.05, 0) is 69.0 Å². The SMILES string of the molecule is CC(C)(C)[SiH2]OC(C)(C)c1ccc(Nc2ncc(C3CC3)c(NCCCNC(=O)C3CCC3)n2)cn1. The van der Waals surface area contributed by atoms with E-state index in [-0.39, 0.29) is 16.9 Å². The summed E-state index contributed by atoms with van der Waals surface area (Å²) >= 11 is 0. The van der Waals surface area contributed by atoms with Crippen molar-refractivity contribution in [2.75, 3.05) is 23.7 Å². The molecule has 2 aromatic rings. The molecule has 2 aliphatic rings. The molecule has 0 aliphatic heterocycles. The minimum atomic E-state index is -0.686. The number of rotatable bonds is 12. The lowest BCUT2D eigenvalue weighted by atomic mass is 9.85. The van der Waals surface area contributed by atoms with Crippen molar-refractivity contribution in [2.45, 2.75) is 89.7 Å². The number of anilines is 3. The molecule has 2 saturated carbocycles. The monoisotopic (exact) mass is 510 g/mol. The maximum Gasteiger partial charge on any atom is 0.229 e. The summed E-state index contributed by atoms with van der Waals surface area (Å²) in [5.74, 6) is 2.42. The topological polar surface area (TPSA) is 101 Å². The van der Waals surface area contributed by atoms with E-state index in [2.05, 4.69) is 60.5 Å². The fourth-order valence-electron chi connectivity index (χ4n) is 4.03. The third kappa shape index (κ3) is 7.49. The van der Waals surface area contributed by atoms with E-state index >= 15 is 0 Å². The van der Waals surface area contributed by atoms with Gasteiger partial charge in [0.05, 0.1) is 23.2 Å². The molecule has 0 saturated heterocycles. The summed E-state index contributed by atoms with van der Waals surface area (Å²) < 4.78 is 6.28. The summed E-state index contributed by atoms with van der Waals surface area (Å²) in [7, 11) is -0.686. The number of hydrogen-bond acceptors (Lipinski definition) is 7. The second-order valence-electron chi connectivity index (χ2n) is 11.9. The molecule has 0 atom stereocenters. The van der Waals surface area contributed by atoms with Crippen LogP contribution in [0.1, 0.15) is 90.3 Å². The van der Waals surface area contributed by atoms with Crippen LogP contribution in [0.2, 0.25) is 5.04 Å². The van der Waals surface area contributed by atoms with Crippen LogP contribution in [0, 0.1) is 5.92 Å². The lowest BCUT2D eigenvalue weighted by Crippen LogP contribution is -2.35. The summed E-state index contributed by atoms with van der Waals surface area (Å²) in [4.78, 5) is 26.0. The molecule has 0 aromatic carbocycles. The van der Waals surface area contributed by atoms with Crippen molar-refractivity contribution in [1.82, 2.24) is 20.3 Å². The molecule has 0 unspecified atom stereocenters. The largest absolute Gasteiger partial charge is 0.413 e. The molecule has 9 heteroatoms. The van der Waals surface area contributed by atoms with Crippen molar-refractivity contribution in [3.63, 3.8) is 0 Å². The molecule has 2 fully saturated rings. The lowest BCUT2D eigenvalue weighted by molar-refractivity contribution is -0.127. The molecule has 4 rings (SSSR count). The molecular weight excluding hydrogens is 468 g/mol. The third-order valence-electron chi connectivity index (χ3n) is 6.76. The fourth-order valence-corrected chi connectivity index (χ4v) is 4.97. The smallest absolute Gasteiger partial charge is 0.229 e. The Bertz CT molecular complexity index is 1030. The van der Waals surface area contributed by atoms with Gasteiger partial charge in [0.15, 0.2) is 9.76 Å². The van der Waals surface area contributed by atoms with Crippen LogP contribution in [-0.2, 0) is 14.8 Å². The minimum Gasteiger partial charge on any atom is -0.413 e. The van der Waals surface area contributed by atoms with Crippen LogP contribution in [0.3, 0.4) is 0 Å². The van der Waals surface area contributed by atoms with Crippen molar-refractivity contribution in [3.8, 4) is 0 Å². The van der Waals surface area contributed by atoms with Gasteiger partial charge in [0.1, 0.15) is 5.82 Å². The Morgan fingerprint density at radius 2 is 1.83 bits per heavy atom. The van der Waals surface area contributed by atoms with E-state index in [1.165, 1.54) is 24.8 Å². The summed E-state index contributed by atoms with van der Waals surface area (Å²) in [6.07, 6.45) is 10.2. The Labute approximate surface area is 217 Å². The van der Waals surface area contributed by atoms with Crippen LogP contribution < -0.4 is 16.0 Å². The van der Waals surface area contributed by atoms with E-state index in [0.717, 1.165) is 43.0 Å². The molecular formula is C27H42N6O2Si. The molecule has 36 heavy (non-hydrogen) atoms. The first-order valence-electron chi connectivity index (χ1n) is 13.4. The zero-order valence-electron chi connectivity index (χ0n) is 22.5. The van der Waals surface area contributed by atoms with E-state index < -0.39 is 15.4 Å². The average Bonchev–Trinajstić information content (AvgIpc) is 3.62. The van der Waals surface area contributed by atoms with Crippen molar-refractivity contribution < 1.29 is 9.22 Å². The average molecular weight is 511 g/mol. The number of nitrogens with zero attached hydrogens (tertiary/aromatic N) is 3. The van der Waals surface area contributed by atoms with E-state index in [4.69, 9.17) is 9.41 Å². The zero-order chi connectivity index (χ0) is 25.8. The molecule has 2 aliphatic carbocycles. The molecule has 2 aromatic heterocycles. The standard InChI is InChI=1S/C27H42N6O2Si/c1-26(2,3)36-35-27(4,5)22-13-12-20(16-30-22)32-25-31-17-21(18-10-11-18)23(33-25)28-14-7-15-29-24(34)19-8-6-9-19/h12-13,16-19H,6-11,14-15,36H2,1-5H3,(H,29,34)(H2,28,31,32,33). The highest BCUT2D eigenvalue weighted by molar-refractivity contribution is 6.31. The summed E-state index contributed by atoms with van der Waals surface area (Å²) in [6.45, 7) is 12.3. The van der Waals surface area contributed by atoms with Crippen molar-refractivity contribution in [1.29, 1.82) is 0 Å². The first kappa shape index (κ1) is 26.5. The molecule has 8 nitrogen and oxygen atoms in total. The van der Waals surface area contributed by atoms with Crippen LogP contribution in [-0.4, -0.2) is 43.7 Å². The van der Waals surface area contributed by atoms with Gasteiger partial charge in [-0.3, -0.25) is 9.78 Å². The van der Waals surface area contributed by atoms with Crippen LogP contribution in [0.4, 0.5) is 17.5 Å². The number of nitrogens with one attached hydrogen (secondary N) is 3. The number of pyridine rings is 1.